The summed E-state index contributed by atoms with van der Waals surface area (Å²) in [5.41, 5.74) is 3.31. The number of aliphatic carboxylic acids is 1. The summed E-state index contributed by atoms with van der Waals surface area (Å²) >= 11 is 0. The van der Waals surface area contributed by atoms with Gasteiger partial charge in [-0.3, -0.25) is 9.69 Å². The van der Waals surface area contributed by atoms with Crippen molar-refractivity contribution in [1.29, 1.82) is 0 Å². The summed E-state index contributed by atoms with van der Waals surface area (Å²) in [6, 6.07) is 16.0. The van der Waals surface area contributed by atoms with Gasteiger partial charge in [0.2, 0.25) is 5.82 Å². The van der Waals surface area contributed by atoms with E-state index >= 15 is 0 Å². The molecule has 0 unspecified atom stereocenters. The number of carboxylic acid groups (broad SMARTS) is 1. The molecule has 4 rings (SSSR count). The molecule has 7 heteroatoms. The highest BCUT2D eigenvalue weighted by Gasteiger charge is 2.32. The first kappa shape index (κ1) is 21.1. The molecule has 0 saturated carbocycles. The molecule has 1 aliphatic heterocycles. The summed E-state index contributed by atoms with van der Waals surface area (Å²) in [6.07, 6.45) is 1.04. The number of benzene rings is 2. The lowest BCUT2D eigenvalue weighted by molar-refractivity contribution is -0.147. The van der Waals surface area contributed by atoms with Gasteiger partial charge in [-0.25, -0.2) is 0 Å². The minimum atomic E-state index is -0.715. The molecule has 2 heterocycles. The van der Waals surface area contributed by atoms with Crippen LogP contribution in [-0.2, 0) is 24.4 Å². The third-order valence-corrected chi connectivity index (χ3v) is 5.32. The first-order valence-electron chi connectivity index (χ1n) is 10.5. The molecular formula is C24H27N3O4. The van der Waals surface area contributed by atoms with Crippen LogP contribution in [-0.4, -0.2) is 39.2 Å². The molecule has 0 bridgehead atoms. The van der Waals surface area contributed by atoms with Crippen LogP contribution in [0.2, 0.25) is 0 Å². The van der Waals surface area contributed by atoms with Crippen LogP contribution >= 0.6 is 0 Å². The number of ether oxygens (including phenoxy) is 1. The van der Waals surface area contributed by atoms with Gasteiger partial charge in [0.05, 0.1) is 5.92 Å². The molecule has 2 aromatic carbocycles. The molecule has 7 nitrogen and oxygen atoms in total. The van der Waals surface area contributed by atoms with E-state index < -0.39 is 5.97 Å². The number of carbonyl (C=O) groups is 1. The van der Waals surface area contributed by atoms with Gasteiger partial charge in [-0.2, -0.15) is 4.98 Å². The van der Waals surface area contributed by atoms with Crippen LogP contribution in [0, 0.1) is 11.8 Å². The van der Waals surface area contributed by atoms with E-state index in [1.54, 1.807) is 0 Å². The van der Waals surface area contributed by atoms with E-state index in [0.717, 1.165) is 29.8 Å². The van der Waals surface area contributed by atoms with E-state index in [2.05, 4.69) is 41.0 Å². The molecule has 162 valence electrons. The standard InChI is InChI=1S/C24H27N3O4/c1-16(2)11-17-3-7-19(8-4-17)23-25-22(26-31-23)15-30-21-9-5-18(6-10-21)12-27-13-20(14-27)24(28)29/h3-10,16,20H,11-15H2,1-2H3,(H,28,29). The Hall–Kier alpha value is -3.19. The zero-order chi connectivity index (χ0) is 21.8. The fraction of sp³-hybridized carbons (Fsp3) is 0.375. The Balaban J connectivity index is 1.27. The lowest BCUT2D eigenvalue weighted by Crippen LogP contribution is -2.49. The second-order valence-corrected chi connectivity index (χ2v) is 8.47. The number of nitrogens with zero attached hydrogens (tertiary/aromatic N) is 3. The Morgan fingerprint density at radius 2 is 1.81 bits per heavy atom. The van der Waals surface area contributed by atoms with Crippen molar-refractivity contribution < 1.29 is 19.2 Å². The summed E-state index contributed by atoms with van der Waals surface area (Å²) in [4.78, 5) is 17.4. The maximum absolute atomic E-state index is 10.9. The molecule has 3 aromatic rings. The Kier molecular flexibility index (Phi) is 6.32. The van der Waals surface area contributed by atoms with Crippen molar-refractivity contribution in [2.75, 3.05) is 13.1 Å². The van der Waals surface area contributed by atoms with Gasteiger partial charge in [0, 0.05) is 25.2 Å². The third kappa shape index (κ3) is 5.49. The Morgan fingerprint density at radius 3 is 2.45 bits per heavy atom. The van der Waals surface area contributed by atoms with Gasteiger partial charge in [-0.1, -0.05) is 43.3 Å². The summed E-state index contributed by atoms with van der Waals surface area (Å²) in [6.45, 7) is 6.58. The Morgan fingerprint density at radius 1 is 1.13 bits per heavy atom. The fourth-order valence-electron chi connectivity index (χ4n) is 3.64. The molecule has 0 atom stereocenters. The van der Waals surface area contributed by atoms with Gasteiger partial charge >= 0.3 is 5.97 Å². The second kappa shape index (κ2) is 9.31. The molecular weight excluding hydrogens is 394 g/mol. The van der Waals surface area contributed by atoms with Crippen LogP contribution in [0.15, 0.2) is 53.1 Å². The minimum absolute atomic E-state index is 0.223. The summed E-state index contributed by atoms with van der Waals surface area (Å²) < 4.78 is 11.2. The highest BCUT2D eigenvalue weighted by Crippen LogP contribution is 2.22. The smallest absolute Gasteiger partial charge is 0.309 e. The largest absolute Gasteiger partial charge is 0.485 e. The number of carboxylic acids is 1. The van der Waals surface area contributed by atoms with Gasteiger partial charge in [0.25, 0.3) is 5.89 Å². The lowest BCUT2D eigenvalue weighted by atomic mass is 10.00. The Bertz CT molecular complexity index is 1010. The van der Waals surface area contributed by atoms with E-state index in [0.29, 0.717) is 30.7 Å². The van der Waals surface area contributed by atoms with Gasteiger partial charge in [0.1, 0.15) is 5.75 Å². The predicted molar refractivity (Wildman–Crippen MR) is 115 cm³/mol. The van der Waals surface area contributed by atoms with E-state index in [-0.39, 0.29) is 12.5 Å². The molecule has 1 saturated heterocycles. The molecule has 0 radical (unpaired) electrons. The average molecular weight is 421 g/mol. The molecule has 1 aromatic heterocycles. The van der Waals surface area contributed by atoms with E-state index in [1.165, 1.54) is 5.56 Å². The number of likely N-dealkylation sites (tertiary alicyclic amines) is 1. The molecule has 1 aliphatic rings. The van der Waals surface area contributed by atoms with Gasteiger partial charge in [-0.05, 0) is 47.7 Å². The zero-order valence-corrected chi connectivity index (χ0v) is 17.8. The van der Waals surface area contributed by atoms with E-state index in [1.807, 2.05) is 36.4 Å². The molecule has 0 amide bonds. The monoisotopic (exact) mass is 421 g/mol. The quantitative estimate of drug-likeness (QED) is 0.558. The van der Waals surface area contributed by atoms with Crippen LogP contribution < -0.4 is 4.74 Å². The van der Waals surface area contributed by atoms with Crippen molar-refractivity contribution in [3.8, 4) is 17.2 Å². The summed E-state index contributed by atoms with van der Waals surface area (Å²) in [7, 11) is 0. The van der Waals surface area contributed by atoms with Crippen molar-refractivity contribution >= 4 is 5.97 Å². The molecule has 0 aliphatic carbocycles. The SMILES string of the molecule is CC(C)Cc1ccc(-c2nc(COc3ccc(CN4CC(C(=O)O)C4)cc3)no2)cc1. The fourth-order valence-corrected chi connectivity index (χ4v) is 3.64. The van der Waals surface area contributed by atoms with E-state index in [9.17, 15) is 4.79 Å². The van der Waals surface area contributed by atoms with Crippen molar-refractivity contribution in [3.63, 3.8) is 0 Å². The van der Waals surface area contributed by atoms with Gasteiger partial charge in [0.15, 0.2) is 6.61 Å². The number of aromatic nitrogens is 2. The van der Waals surface area contributed by atoms with Gasteiger partial charge < -0.3 is 14.4 Å². The second-order valence-electron chi connectivity index (χ2n) is 8.47. The van der Waals surface area contributed by atoms with Crippen molar-refractivity contribution in [2.45, 2.75) is 33.4 Å². The third-order valence-electron chi connectivity index (χ3n) is 5.32. The molecule has 31 heavy (non-hydrogen) atoms. The highest BCUT2D eigenvalue weighted by molar-refractivity contribution is 5.71. The minimum Gasteiger partial charge on any atom is -0.485 e. The first-order valence-corrected chi connectivity index (χ1v) is 10.5. The molecule has 0 spiro atoms. The average Bonchev–Trinajstić information content (AvgIpc) is 3.18. The van der Waals surface area contributed by atoms with Crippen LogP contribution in [0.3, 0.4) is 0 Å². The van der Waals surface area contributed by atoms with Crippen LogP contribution in [0.1, 0.15) is 30.8 Å². The van der Waals surface area contributed by atoms with Crippen LogP contribution in [0.25, 0.3) is 11.5 Å². The van der Waals surface area contributed by atoms with Crippen molar-refractivity contribution in [2.24, 2.45) is 11.8 Å². The Labute approximate surface area is 181 Å². The van der Waals surface area contributed by atoms with Crippen LogP contribution in [0.5, 0.6) is 5.75 Å². The van der Waals surface area contributed by atoms with Crippen LogP contribution in [0.4, 0.5) is 0 Å². The topological polar surface area (TPSA) is 88.7 Å². The predicted octanol–water partition coefficient (Wildman–Crippen LogP) is 4.03. The number of rotatable bonds is 9. The highest BCUT2D eigenvalue weighted by atomic mass is 16.5. The maximum atomic E-state index is 10.9. The zero-order valence-electron chi connectivity index (χ0n) is 17.8. The molecule has 1 fully saturated rings. The summed E-state index contributed by atoms with van der Waals surface area (Å²) in [5.74, 6) is 1.37. The maximum Gasteiger partial charge on any atom is 0.309 e. The van der Waals surface area contributed by atoms with Crippen molar-refractivity contribution in [1.82, 2.24) is 15.0 Å². The first-order chi connectivity index (χ1) is 15.0. The normalized spacial score (nSPS) is 14.5. The van der Waals surface area contributed by atoms with E-state index in [4.69, 9.17) is 14.4 Å². The van der Waals surface area contributed by atoms with Crippen molar-refractivity contribution in [3.05, 3.63) is 65.5 Å². The molecule has 1 N–H and O–H groups in total. The number of hydrogen-bond acceptors (Lipinski definition) is 6. The number of hydrogen-bond donors (Lipinski definition) is 1. The lowest BCUT2D eigenvalue weighted by Gasteiger charge is -2.36. The van der Waals surface area contributed by atoms with Gasteiger partial charge in [-0.15, -0.1) is 0 Å². The summed E-state index contributed by atoms with van der Waals surface area (Å²) in [5, 5.41) is 13.0.